The average molecular weight is 178 g/mol. The predicted molar refractivity (Wildman–Crippen MR) is 48.5 cm³/mol. The minimum atomic E-state index is 0.697. The Morgan fingerprint density at radius 1 is 1.46 bits per heavy atom. The third-order valence-electron chi connectivity index (χ3n) is 3.01. The quantitative estimate of drug-likeness (QED) is 0.653. The molecule has 13 heavy (non-hydrogen) atoms. The molecule has 0 amide bonds. The van der Waals surface area contributed by atoms with E-state index in [1.807, 2.05) is 0 Å². The van der Waals surface area contributed by atoms with E-state index in [0.717, 1.165) is 19.5 Å². The van der Waals surface area contributed by atoms with E-state index >= 15 is 0 Å². The van der Waals surface area contributed by atoms with Crippen molar-refractivity contribution in [3.63, 3.8) is 0 Å². The van der Waals surface area contributed by atoms with Crippen LogP contribution in [0.4, 0.5) is 0 Å². The highest BCUT2D eigenvalue weighted by molar-refractivity contribution is 5.30. The summed E-state index contributed by atoms with van der Waals surface area (Å²) in [7, 11) is 2.16. The summed E-state index contributed by atoms with van der Waals surface area (Å²) in [6.07, 6.45) is 3.65. The number of hydrogen-bond acceptors (Lipinski definition) is 3. The normalized spacial score (nSPS) is 23.2. The van der Waals surface area contributed by atoms with Crippen molar-refractivity contribution < 1.29 is 4.52 Å². The predicted octanol–water partition coefficient (Wildman–Crippen LogP) is 1.54. The van der Waals surface area contributed by atoms with E-state index in [1.54, 1.807) is 0 Å². The molecule has 0 N–H and O–H groups in total. The lowest BCUT2D eigenvalue weighted by Crippen LogP contribution is -2.26. The smallest absolute Gasteiger partial charge is 0.144 e. The first-order valence-electron chi connectivity index (χ1n) is 5.00. The summed E-state index contributed by atoms with van der Waals surface area (Å²) in [5.74, 6) is 1.88. The fraction of sp³-hybridized carbons (Fsp3) is 0.700. The SMILES string of the molecule is CN1CCc2noc(C3CC3)c2C1. The summed E-state index contributed by atoms with van der Waals surface area (Å²) in [4.78, 5) is 2.34. The van der Waals surface area contributed by atoms with Gasteiger partial charge in [-0.15, -0.1) is 0 Å². The first kappa shape index (κ1) is 7.56. The van der Waals surface area contributed by atoms with Crippen molar-refractivity contribution >= 4 is 0 Å². The zero-order chi connectivity index (χ0) is 8.84. The van der Waals surface area contributed by atoms with E-state index in [2.05, 4.69) is 17.1 Å². The molecule has 3 rings (SSSR count). The van der Waals surface area contributed by atoms with Crippen LogP contribution in [0.3, 0.4) is 0 Å². The second-order valence-electron chi connectivity index (χ2n) is 4.23. The highest BCUT2D eigenvalue weighted by Crippen LogP contribution is 2.43. The van der Waals surface area contributed by atoms with E-state index in [4.69, 9.17) is 4.52 Å². The van der Waals surface area contributed by atoms with Gasteiger partial charge in [-0.2, -0.15) is 0 Å². The van der Waals surface area contributed by atoms with Crippen LogP contribution in [0.15, 0.2) is 4.52 Å². The molecule has 3 nitrogen and oxygen atoms in total. The lowest BCUT2D eigenvalue weighted by Gasteiger charge is -2.21. The molecule has 2 heterocycles. The van der Waals surface area contributed by atoms with Crippen molar-refractivity contribution in [3.05, 3.63) is 17.0 Å². The maximum Gasteiger partial charge on any atom is 0.144 e. The molecule has 1 saturated carbocycles. The van der Waals surface area contributed by atoms with E-state index in [0.29, 0.717) is 5.92 Å². The maximum absolute atomic E-state index is 5.41. The molecule has 0 bridgehead atoms. The van der Waals surface area contributed by atoms with E-state index in [-0.39, 0.29) is 0 Å². The zero-order valence-corrected chi connectivity index (χ0v) is 7.92. The van der Waals surface area contributed by atoms with Crippen molar-refractivity contribution in [3.8, 4) is 0 Å². The number of aromatic nitrogens is 1. The summed E-state index contributed by atoms with van der Waals surface area (Å²) in [6, 6.07) is 0. The Bertz CT molecular complexity index is 328. The number of likely N-dealkylation sites (N-methyl/N-ethyl adjacent to an activating group) is 1. The molecule has 1 fully saturated rings. The van der Waals surface area contributed by atoms with Crippen molar-refractivity contribution in [1.82, 2.24) is 10.1 Å². The molecular formula is C10H14N2O. The topological polar surface area (TPSA) is 29.3 Å². The highest BCUT2D eigenvalue weighted by atomic mass is 16.5. The third-order valence-corrected chi connectivity index (χ3v) is 3.01. The van der Waals surface area contributed by atoms with Gasteiger partial charge in [0.15, 0.2) is 0 Å². The summed E-state index contributed by atoms with van der Waals surface area (Å²) in [6.45, 7) is 2.15. The molecule has 1 aliphatic carbocycles. The molecule has 0 aromatic carbocycles. The van der Waals surface area contributed by atoms with Crippen molar-refractivity contribution in [2.24, 2.45) is 0 Å². The van der Waals surface area contributed by atoms with Crippen molar-refractivity contribution in [2.75, 3.05) is 13.6 Å². The summed E-state index contributed by atoms with van der Waals surface area (Å²) < 4.78 is 5.41. The van der Waals surface area contributed by atoms with Gasteiger partial charge >= 0.3 is 0 Å². The van der Waals surface area contributed by atoms with Crippen LogP contribution < -0.4 is 0 Å². The van der Waals surface area contributed by atoms with Gasteiger partial charge in [0, 0.05) is 31.0 Å². The summed E-state index contributed by atoms with van der Waals surface area (Å²) in [5, 5.41) is 4.15. The van der Waals surface area contributed by atoms with Crippen LogP contribution in [0, 0.1) is 0 Å². The van der Waals surface area contributed by atoms with Gasteiger partial charge in [-0.25, -0.2) is 0 Å². The fourth-order valence-corrected chi connectivity index (χ4v) is 2.03. The van der Waals surface area contributed by atoms with Crippen LogP contribution in [-0.4, -0.2) is 23.6 Å². The van der Waals surface area contributed by atoms with Gasteiger partial charge in [-0.05, 0) is 19.9 Å². The second kappa shape index (κ2) is 2.58. The lowest BCUT2D eigenvalue weighted by molar-refractivity contribution is 0.310. The monoisotopic (exact) mass is 178 g/mol. The molecule has 70 valence electrons. The Kier molecular flexibility index (Phi) is 1.50. The Morgan fingerprint density at radius 2 is 2.31 bits per heavy atom. The molecule has 1 aromatic heterocycles. The van der Waals surface area contributed by atoms with Crippen LogP contribution in [0.2, 0.25) is 0 Å². The molecule has 0 radical (unpaired) electrons. The maximum atomic E-state index is 5.41. The van der Waals surface area contributed by atoms with E-state index in [9.17, 15) is 0 Å². The first-order valence-corrected chi connectivity index (χ1v) is 5.00. The molecule has 3 heteroatoms. The Labute approximate surface area is 77.7 Å². The average Bonchev–Trinajstić information content (AvgIpc) is 2.87. The molecule has 0 unspecified atom stereocenters. The van der Waals surface area contributed by atoms with Crippen LogP contribution >= 0.6 is 0 Å². The number of rotatable bonds is 1. The van der Waals surface area contributed by atoms with Crippen molar-refractivity contribution in [1.29, 1.82) is 0 Å². The van der Waals surface area contributed by atoms with Crippen molar-refractivity contribution in [2.45, 2.75) is 31.7 Å². The number of nitrogens with zero attached hydrogens (tertiary/aromatic N) is 2. The molecule has 2 aliphatic rings. The van der Waals surface area contributed by atoms with Gasteiger partial charge < -0.3 is 9.42 Å². The molecule has 0 saturated heterocycles. The van der Waals surface area contributed by atoms with Gasteiger partial charge in [0.1, 0.15) is 5.76 Å². The minimum Gasteiger partial charge on any atom is -0.360 e. The van der Waals surface area contributed by atoms with Gasteiger partial charge in [0.25, 0.3) is 0 Å². The van der Waals surface area contributed by atoms with Crippen LogP contribution in [0.5, 0.6) is 0 Å². The molecule has 0 spiro atoms. The van der Waals surface area contributed by atoms with Gasteiger partial charge in [0.2, 0.25) is 0 Å². The van der Waals surface area contributed by atoms with Crippen LogP contribution in [0.25, 0.3) is 0 Å². The van der Waals surface area contributed by atoms with Gasteiger partial charge in [0.05, 0.1) is 5.69 Å². The second-order valence-corrected chi connectivity index (χ2v) is 4.23. The summed E-state index contributed by atoms with van der Waals surface area (Å²) >= 11 is 0. The standard InChI is InChI=1S/C10H14N2O/c1-12-5-4-9-8(6-12)10(13-11-9)7-2-3-7/h7H,2-6H2,1H3. The van der Waals surface area contributed by atoms with E-state index < -0.39 is 0 Å². The molecular weight excluding hydrogens is 164 g/mol. The van der Waals surface area contributed by atoms with Gasteiger partial charge in [-0.1, -0.05) is 5.16 Å². The first-order chi connectivity index (χ1) is 6.34. The Balaban J connectivity index is 1.99. The van der Waals surface area contributed by atoms with Gasteiger partial charge in [-0.3, -0.25) is 0 Å². The van der Waals surface area contributed by atoms with Crippen LogP contribution in [-0.2, 0) is 13.0 Å². The third kappa shape index (κ3) is 1.18. The summed E-state index contributed by atoms with van der Waals surface area (Å²) in [5.41, 5.74) is 2.59. The largest absolute Gasteiger partial charge is 0.360 e. The minimum absolute atomic E-state index is 0.697. The lowest BCUT2D eigenvalue weighted by atomic mass is 10.0. The van der Waals surface area contributed by atoms with E-state index in [1.165, 1.54) is 29.9 Å². The number of hydrogen-bond donors (Lipinski definition) is 0. The number of fused-ring (bicyclic) bond motifs is 1. The zero-order valence-electron chi connectivity index (χ0n) is 7.92. The Morgan fingerprint density at radius 3 is 3.08 bits per heavy atom. The fourth-order valence-electron chi connectivity index (χ4n) is 2.03. The van der Waals surface area contributed by atoms with Crippen LogP contribution in [0.1, 0.15) is 35.8 Å². The Hall–Kier alpha value is -0.830. The molecule has 1 aliphatic heterocycles. The molecule has 1 aromatic rings. The highest BCUT2D eigenvalue weighted by Gasteiger charge is 2.33. The molecule has 0 atom stereocenters.